The first kappa shape index (κ1) is 50.1. The summed E-state index contributed by atoms with van der Waals surface area (Å²) < 4.78 is 12.0. The van der Waals surface area contributed by atoms with Crippen molar-refractivity contribution in [1.82, 2.24) is 30.4 Å². The van der Waals surface area contributed by atoms with Gasteiger partial charge in [0.2, 0.25) is 11.8 Å². The Morgan fingerprint density at radius 1 is 0.984 bits per heavy atom. The Bertz CT molecular complexity index is 1790. The van der Waals surface area contributed by atoms with Crippen LogP contribution in [0.3, 0.4) is 0 Å². The number of rotatable bonds is 25. The fraction of sp³-hybridized carbons (Fsp3) is 0.609. The van der Waals surface area contributed by atoms with Gasteiger partial charge in [0.05, 0.1) is 12.0 Å². The number of benzene rings is 1. The van der Waals surface area contributed by atoms with Gasteiger partial charge in [0.15, 0.2) is 0 Å². The van der Waals surface area contributed by atoms with E-state index in [0.29, 0.717) is 36.6 Å². The molecule has 0 radical (unpaired) electrons. The molecule has 3 aromatic rings. The summed E-state index contributed by atoms with van der Waals surface area (Å²) in [5, 5.41) is 9.64. The lowest BCUT2D eigenvalue weighted by molar-refractivity contribution is -0.147. The first-order chi connectivity index (χ1) is 29.3. The molecule has 0 bridgehead atoms. The number of carbonyl (C=O) groups excluding carboxylic acids is 4. The molecule has 0 aliphatic carbocycles. The second-order valence-electron chi connectivity index (χ2n) is 16.5. The monoisotopic (exact) mass is 896 g/mol. The SMILES string of the molecule is CCCO[C@H](C[C@H](C(C)C)N(C)C(=O)[C@@H](NC(=O)[C@H]1CCCCN1C)C(C)CC)c1nc(C(=O)N[C@@H](Cc2ccccc2)C[C@H](C)C(=O)OCCSSc2ccccn2)cs1. The molecule has 61 heavy (non-hydrogen) atoms. The van der Waals surface area contributed by atoms with E-state index in [2.05, 4.69) is 34.4 Å². The highest BCUT2D eigenvalue weighted by Crippen LogP contribution is 2.32. The number of ether oxygens (including phenoxy) is 2. The summed E-state index contributed by atoms with van der Waals surface area (Å²) >= 11 is 1.37. The van der Waals surface area contributed by atoms with E-state index in [-0.39, 0.29) is 66.0 Å². The van der Waals surface area contributed by atoms with Gasteiger partial charge in [0, 0.05) is 49.5 Å². The quantitative estimate of drug-likeness (QED) is 0.0483. The third-order valence-electron chi connectivity index (χ3n) is 11.4. The topological polar surface area (TPSA) is 143 Å². The van der Waals surface area contributed by atoms with Crippen molar-refractivity contribution < 1.29 is 28.7 Å². The average molecular weight is 897 g/mol. The van der Waals surface area contributed by atoms with Gasteiger partial charge in [-0.1, -0.05) is 102 Å². The van der Waals surface area contributed by atoms with Gasteiger partial charge in [-0.05, 0) is 86.0 Å². The van der Waals surface area contributed by atoms with Gasteiger partial charge in [-0.3, -0.25) is 24.1 Å². The highest BCUT2D eigenvalue weighted by molar-refractivity contribution is 8.76. The van der Waals surface area contributed by atoms with Crippen LogP contribution < -0.4 is 10.6 Å². The molecule has 1 aliphatic rings. The molecule has 0 saturated carbocycles. The lowest BCUT2D eigenvalue weighted by Gasteiger charge is -2.38. The van der Waals surface area contributed by atoms with Gasteiger partial charge >= 0.3 is 5.97 Å². The van der Waals surface area contributed by atoms with Crippen LogP contribution in [-0.2, 0) is 30.3 Å². The number of amides is 3. The van der Waals surface area contributed by atoms with Gasteiger partial charge < -0.3 is 25.0 Å². The van der Waals surface area contributed by atoms with Crippen molar-refractivity contribution in [2.75, 3.05) is 39.6 Å². The third kappa shape index (κ3) is 16.0. The second kappa shape index (κ2) is 26.2. The molecule has 1 aromatic carbocycles. The molecule has 4 rings (SSSR count). The molecule has 1 fully saturated rings. The molecule has 3 amide bonds. The number of carbonyl (C=O) groups is 4. The fourth-order valence-corrected chi connectivity index (χ4v) is 10.1. The summed E-state index contributed by atoms with van der Waals surface area (Å²) in [4.78, 5) is 67.9. The van der Waals surface area contributed by atoms with E-state index in [1.165, 1.54) is 11.3 Å². The Morgan fingerprint density at radius 3 is 2.41 bits per heavy atom. The molecule has 2 aromatic heterocycles. The van der Waals surface area contributed by atoms with Crippen LogP contribution in [0.25, 0.3) is 0 Å². The van der Waals surface area contributed by atoms with E-state index in [0.717, 1.165) is 49.2 Å². The number of hydrogen-bond donors (Lipinski definition) is 2. The third-order valence-corrected chi connectivity index (χ3v) is 14.5. The first-order valence-electron chi connectivity index (χ1n) is 21.9. The summed E-state index contributed by atoms with van der Waals surface area (Å²) in [6.07, 6.45) is 7.06. The molecule has 1 unspecified atom stereocenters. The maximum absolute atomic E-state index is 14.4. The predicted molar refractivity (Wildman–Crippen MR) is 247 cm³/mol. The summed E-state index contributed by atoms with van der Waals surface area (Å²) in [7, 11) is 6.92. The van der Waals surface area contributed by atoms with Crippen molar-refractivity contribution in [2.45, 2.75) is 128 Å². The number of likely N-dealkylation sites (tertiary alicyclic amines) is 1. The number of nitrogens with zero attached hydrogens (tertiary/aromatic N) is 4. The standard InChI is InChI=1S/C46H68N6O6S3/c1-9-24-57-39(29-38(31(3)4)52(8)45(55)41(32(5)10-2)50-43(54)37-20-15-17-23-51(37)7)44-49-36(30-59-44)42(53)48-35(28-34-18-12-11-13-19-34)27-33(6)46(56)58-25-26-60-61-40-21-14-16-22-47-40/h11-14,16,18-19,21-22,30-33,35,37-39,41H,9-10,15,17,20,23-29H2,1-8H3,(H,48,53)(H,50,54)/t32?,33-,35+,37+,38+,39+,41-/m0/s1. The number of esters is 1. The molecule has 3 heterocycles. The predicted octanol–water partition coefficient (Wildman–Crippen LogP) is 8.25. The molecular weight excluding hydrogens is 829 g/mol. The van der Waals surface area contributed by atoms with Gasteiger partial charge in [0.1, 0.15) is 34.5 Å². The number of thiazole rings is 1. The highest BCUT2D eigenvalue weighted by atomic mass is 33.1. The van der Waals surface area contributed by atoms with Crippen molar-refractivity contribution >= 4 is 56.6 Å². The van der Waals surface area contributed by atoms with Crippen LogP contribution in [0.1, 0.15) is 114 Å². The van der Waals surface area contributed by atoms with Crippen molar-refractivity contribution in [3.05, 3.63) is 76.4 Å². The largest absolute Gasteiger partial charge is 0.465 e. The maximum atomic E-state index is 14.4. The van der Waals surface area contributed by atoms with Gasteiger partial charge in [-0.25, -0.2) is 9.97 Å². The minimum Gasteiger partial charge on any atom is -0.465 e. The fourth-order valence-electron chi connectivity index (χ4n) is 7.55. The molecule has 2 N–H and O–H groups in total. The second-order valence-corrected chi connectivity index (χ2v) is 19.9. The Kier molecular flexibility index (Phi) is 21.5. The Morgan fingerprint density at radius 2 is 1.74 bits per heavy atom. The smallest absolute Gasteiger partial charge is 0.308 e. The van der Waals surface area contributed by atoms with E-state index in [1.807, 2.05) is 90.3 Å². The van der Waals surface area contributed by atoms with Crippen LogP contribution >= 0.6 is 32.9 Å². The van der Waals surface area contributed by atoms with Crippen molar-refractivity contribution in [2.24, 2.45) is 17.8 Å². The molecule has 12 nitrogen and oxygen atoms in total. The molecule has 1 saturated heterocycles. The normalized spacial score (nSPS) is 17.4. The Balaban J connectivity index is 1.43. The van der Waals surface area contributed by atoms with Crippen molar-refractivity contribution in [3.63, 3.8) is 0 Å². The van der Waals surface area contributed by atoms with E-state index in [9.17, 15) is 19.2 Å². The van der Waals surface area contributed by atoms with E-state index >= 15 is 0 Å². The van der Waals surface area contributed by atoms with Gasteiger partial charge in [-0.15, -0.1) is 11.3 Å². The van der Waals surface area contributed by atoms with Crippen LogP contribution in [0.5, 0.6) is 0 Å². The maximum Gasteiger partial charge on any atom is 0.308 e. The lowest BCUT2D eigenvalue weighted by atomic mass is 9.92. The number of nitrogens with one attached hydrogen (secondary N) is 2. The number of pyridine rings is 1. The number of likely N-dealkylation sites (N-methyl/N-ethyl adjacent to an activating group) is 2. The molecule has 0 spiro atoms. The molecule has 1 aliphatic heterocycles. The number of piperidine rings is 1. The van der Waals surface area contributed by atoms with Crippen LogP contribution in [0, 0.1) is 17.8 Å². The summed E-state index contributed by atoms with van der Waals surface area (Å²) in [5.74, 6) is -0.652. The average Bonchev–Trinajstić information content (AvgIpc) is 3.76. The van der Waals surface area contributed by atoms with Crippen LogP contribution in [0.4, 0.5) is 0 Å². The van der Waals surface area contributed by atoms with E-state index in [4.69, 9.17) is 14.5 Å². The minimum atomic E-state index is -0.654. The first-order valence-corrected chi connectivity index (χ1v) is 25.1. The van der Waals surface area contributed by atoms with Gasteiger partial charge in [-0.2, -0.15) is 0 Å². The number of aromatic nitrogens is 2. The molecule has 15 heteroatoms. The van der Waals surface area contributed by atoms with Gasteiger partial charge in [0.25, 0.3) is 5.91 Å². The van der Waals surface area contributed by atoms with E-state index < -0.39 is 18.1 Å². The summed E-state index contributed by atoms with van der Waals surface area (Å²) in [6, 6.07) is 14.2. The number of hydrogen-bond acceptors (Lipinski definition) is 12. The zero-order valence-electron chi connectivity index (χ0n) is 37.3. The van der Waals surface area contributed by atoms with Crippen LogP contribution in [0.2, 0.25) is 0 Å². The van der Waals surface area contributed by atoms with E-state index in [1.54, 1.807) is 38.1 Å². The van der Waals surface area contributed by atoms with Crippen LogP contribution in [-0.4, -0.2) is 107 Å². The zero-order valence-corrected chi connectivity index (χ0v) is 39.8. The highest BCUT2D eigenvalue weighted by Gasteiger charge is 2.37. The Hall–Kier alpha value is -3.50. The van der Waals surface area contributed by atoms with Crippen molar-refractivity contribution in [3.8, 4) is 0 Å². The lowest BCUT2D eigenvalue weighted by Crippen LogP contribution is -2.58. The summed E-state index contributed by atoms with van der Waals surface area (Å²) in [5.41, 5.74) is 1.32. The molecule has 7 atom stereocenters. The molecular formula is C46H68N6O6S3. The minimum absolute atomic E-state index is 0.0569. The molecule has 336 valence electrons. The summed E-state index contributed by atoms with van der Waals surface area (Å²) in [6.45, 7) is 13.8. The zero-order chi connectivity index (χ0) is 44.3. The Labute approximate surface area is 375 Å². The van der Waals surface area contributed by atoms with Crippen LogP contribution in [0.15, 0.2) is 65.1 Å². The van der Waals surface area contributed by atoms with Crippen molar-refractivity contribution in [1.29, 1.82) is 0 Å².